The Labute approximate surface area is 95.3 Å². The predicted octanol–water partition coefficient (Wildman–Crippen LogP) is 2.35. The summed E-state index contributed by atoms with van der Waals surface area (Å²) in [5, 5.41) is 9.66. The smallest absolute Gasteiger partial charge is 0.169 e. The van der Waals surface area contributed by atoms with Crippen molar-refractivity contribution in [1.82, 2.24) is 0 Å². The van der Waals surface area contributed by atoms with Gasteiger partial charge in [-0.2, -0.15) is 0 Å². The molecule has 2 nitrogen and oxygen atoms in total. The number of rotatable bonds is 0. The number of aryl methyl sites for hydroxylation is 1. The number of fused-ring (bicyclic) bond motifs is 1. The minimum Gasteiger partial charge on any atom is -0.393 e. The van der Waals surface area contributed by atoms with Crippen molar-refractivity contribution in [3.63, 3.8) is 0 Å². The number of carbonyl (C=O) groups excluding carboxylic acids is 1. The number of hydrogen-bond donors (Lipinski definition) is 1. The Morgan fingerprint density at radius 2 is 2.06 bits per heavy atom. The van der Waals surface area contributed by atoms with E-state index in [0.717, 1.165) is 31.2 Å². The van der Waals surface area contributed by atoms with Gasteiger partial charge in [-0.05, 0) is 37.7 Å². The molecule has 2 aliphatic rings. The molecule has 0 aliphatic heterocycles. The molecule has 0 unspecified atom stereocenters. The Morgan fingerprint density at radius 3 is 2.81 bits per heavy atom. The molecule has 0 radical (unpaired) electrons. The Kier molecular flexibility index (Phi) is 2.15. The monoisotopic (exact) mass is 216 g/mol. The molecule has 0 bridgehead atoms. The lowest BCUT2D eigenvalue weighted by atomic mass is 9.69. The van der Waals surface area contributed by atoms with Crippen molar-refractivity contribution in [2.24, 2.45) is 5.41 Å². The molecule has 0 saturated heterocycles. The molecule has 16 heavy (non-hydrogen) atoms. The van der Waals surface area contributed by atoms with Gasteiger partial charge < -0.3 is 5.11 Å². The van der Waals surface area contributed by atoms with Gasteiger partial charge in [0, 0.05) is 11.0 Å². The lowest BCUT2D eigenvalue weighted by Gasteiger charge is -2.32. The Bertz CT molecular complexity index is 438. The van der Waals surface area contributed by atoms with Crippen molar-refractivity contribution < 1.29 is 9.90 Å². The first-order valence-electron chi connectivity index (χ1n) is 6.02. The molecule has 1 spiro atoms. The van der Waals surface area contributed by atoms with E-state index in [9.17, 15) is 9.90 Å². The fraction of sp³-hybridized carbons (Fsp3) is 0.500. The molecule has 2 aliphatic carbocycles. The van der Waals surface area contributed by atoms with Crippen molar-refractivity contribution in [2.75, 3.05) is 0 Å². The number of benzene rings is 1. The number of ketones is 1. The second kappa shape index (κ2) is 3.42. The molecular weight excluding hydrogens is 200 g/mol. The summed E-state index contributed by atoms with van der Waals surface area (Å²) in [6.45, 7) is 0. The van der Waals surface area contributed by atoms with Gasteiger partial charge in [0.05, 0.1) is 6.10 Å². The highest BCUT2D eigenvalue weighted by molar-refractivity contribution is 6.03. The van der Waals surface area contributed by atoms with Crippen LogP contribution < -0.4 is 0 Å². The second-order valence-electron chi connectivity index (χ2n) is 5.16. The topological polar surface area (TPSA) is 37.3 Å². The number of aliphatic hydroxyl groups is 1. The molecule has 1 fully saturated rings. The first-order valence-corrected chi connectivity index (χ1v) is 6.02. The van der Waals surface area contributed by atoms with E-state index in [1.54, 1.807) is 0 Å². The molecule has 1 aromatic carbocycles. The van der Waals surface area contributed by atoms with Crippen molar-refractivity contribution >= 4 is 5.78 Å². The molecular formula is C14H16O2. The average Bonchev–Trinajstić information content (AvgIpc) is 2.68. The molecule has 0 amide bonds. The maximum Gasteiger partial charge on any atom is 0.169 e. The van der Waals surface area contributed by atoms with Gasteiger partial charge in [-0.25, -0.2) is 0 Å². The fourth-order valence-corrected chi connectivity index (χ4v) is 3.26. The lowest BCUT2D eigenvalue weighted by Crippen LogP contribution is -2.34. The Hall–Kier alpha value is -1.15. The number of aliphatic hydroxyl groups excluding tert-OH is 1. The van der Waals surface area contributed by atoms with Crippen LogP contribution in [0.2, 0.25) is 0 Å². The van der Waals surface area contributed by atoms with Gasteiger partial charge in [-0.3, -0.25) is 4.79 Å². The van der Waals surface area contributed by atoms with Crippen LogP contribution in [0.4, 0.5) is 0 Å². The summed E-state index contributed by atoms with van der Waals surface area (Å²) < 4.78 is 0. The molecule has 1 saturated carbocycles. The van der Waals surface area contributed by atoms with Crippen LogP contribution in [0.5, 0.6) is 0 Å². The Balaban J connectivity index is 2.01. The summed E-state index contributed by atoms with van der Waals surface area (Å²) in [4.78, 5) is 12.5. The zero-order valence-electron chi connectivity index (χ0n) is 9.28. The van der Waals surface area contributed by atoms with Crippen molar-refractivity contribution in [1.29, 1.82) is 0 Å². The molecule has 0 heterocycles. The van der Waals surface area contributed by atoms with Gasteiger partial charge >= 0.3 is 0 Å². The second-order valence-corrected chi connectivity index (χ2v) is 5.16. The SMILES string of the molecule is O=C1c2ccccc2CC[C@]12CC[C@@H](O)C2. The summed E-state index contributed by atoms with van der Waals surface area (Å²) in [7, 11) is 0. The van der Waals surface area contributed by atoms with Crippen LogP contribution in [0.25, 0.3) is 0 Å². The summed E-state index contributed by atoms with van der Waals surface area (Å²) in [6, 6.07) is 7.91. The molecule has 2 heteroatoms. The molecule has 84 valence electrons. The van der Waals surface area contributed by atoms with Gasteiger partial charge in [-0.15, -0.1) is 0 Å². The van der Waals surface area contributed by atoms with Gasteiger partial charge in [-0.1, -0.05) is 24.3 Å². The molecule has 1 aromatic rings. The van der Waals surface area contributed by atoms with Gasteiger partial charge in [0.2, 0.25) is 0 Å². The minimum atomic E-state index is -0.269. The normalized spacial score (nSPS) is 33.1. The van der Waals surface area contributed by atoms with Crippen LogP contribution in [0.15, 0.2) is 24.3 Å². The van der Waals surface area contributed by atoms with E-state index in [1.807, 2.05) is 24.3 Å². The first kappa shape index (κ1) is 10.0. The number of Topliss-reactive ketones (excluding diaryl/α,β-unsaturated/α-hetero) is 1. The first-order chi connectivity index (χ1) is 7.71. The van der Waals surface area contributed by atoms with Gasteiger partial charge in [0.15, 0.2) is 5.78 Å². The Morgan fingerprint density at radius 1 is 1.25 bits per heavy atom. The van der Waals surface area contributed by atoms with E-state index in [4.69, 9.17) is 0 Å². The van der Waals surface area contributed by atoms with Crippen LogP contribution in [-0.2, 0) is 6.42 Å². The predicted molar refractivity (Wildman–Crippen MR) is 61.4 cm³/mol. The third-order valence-electron chi connectivity index (χ3n) is 4.20. The van der Waals surface area contributed by atoms with Gasteiger partial charge in [0.1, 0.15) is 0 Å². The third kappa shape index (κ3) is 1.33. The quantitative estimate of drug-likeness (QED) is 0.722. The lowest BCUT2D eigenvalue weighted by molar-refractivity contribution is 0.0726. The zero-order chi connectivity index (χ0) is 11.2. The largest absolute Gasteiger partial charge is 0.393 e. The summed E-state index contributed by atoms with van der Waals surface area (Å²) in [5.74, 6) is 0.269. The fourth-order valence-electron chi connectivity index (χ4n) is 3.26. The highest BCUT2D eigenvalue weighted by Gasteiger charge is 2.46. The van der Waals surface area contributed by atoms with Crippen molar-refractivity contribution in [3.8, 4) is 0 Å². The summed E-state index contributed by atoms with van der Waals surface area (Å²) in [5.41, 5.74) is 1.83. The maximum absolute atomic E-state index is 12.5. The summed E-state index contributed by atoms with van der Waals surface area (Å²) in [6.07, 6.45) is 3.94. The maximum atomic E-state index is 12.5. The van der Waals surface area contributed by atoms with Gasteiger partial charge in [0.25, 0.3) is 0 Å². The standard InChI is InChI=1S/C14H16O2/c15-11-6-8-14(9-11)7-5-10-3-1-2-4-12(10)13(14)16/h1-4,11,15H,5-9H2/t11-,14-/m1/s1. The minimum absolute atomic E-state index is 0.242. The highest BCUT2D eigenvalue weighted by atomic mass is 16.3. The van der Waals surface area contributed by atoms with E-state index in [-0.39, 0.29) is 17.3 Å². The van der Waals surface area contributed by atoms with E-state index in [0.29, 0.717) is 6.42 Å². The van der Waals surface area contributed by atoms with Crippen LogP contribution >= 0.6 is 0 Å². The van der Waals surface area contributed by atoms with Crippen LogP contribution in [0.3, 0.4) is 0 Å². The van der Waals surface area contributed by atoms with Crippen molar-refractivity contribution in [2.45, 2.75) is 38.2 Å². The third-order valence-corrected chi connectivity index (χ3v) is 4.20. The number of carbonyl (C=O) groups is 1. The van der Waals surface area contributed by atoms with Crippen LogP contribution in [-0.4, -0.2) is 17.0 Å². The molecule has 2 atom stereocenters. The number of hydrogen-bond acceptors (Lipinski definition) is 2. The molecule has 0 aromatic heterocycles. The van der Waals surface area contributed by atoms with E-state index in [1.165, 1.54) is 5.56 Å². The summed E-state index contributed by atoms with van der Waals surface area (Å²) >= 11 is 0. The van der Waals surface area contributed by atoms with Crippen LogP contribution in [0.1, 0.15) is 41.6 Å². The zero-order valence-corrected chi connectivity index (χ0v) is 9.28. The molecule has 3 rings (SSSR count). The van der Waals surface area contributed by atoms with E-state index < -0.39 is 0 Å². The van der Waals surface area contributed by atoms with E-state index in [2.05, 4.69) is 0 Å². The van der Waals surface area contributed by atoms with Crippen LogP contribution in [0, 0.1) is 5.41 Å². The van der Waals surface area contributed by atoms with Crippen molar-refractivity contribution in [3.05, 3.63) is 35.4 Å². The average molecular weight is 216 g/mol. The molecule has 1 N–H and O–H groups in total. The highest BCUT2D eigenvalue weighted by Crippen LogP contribution is 2.47. The van der Waals surface area contributed by atoms with E-state index >= 15 is 0 Å².